The minimum Gasteiger partial charge on any atom is -0.494 e. The smallest absolute Gasteiger partial charge is 0.490 e. The van der Waals surface area contributed by atoms with Crippen LogP contribution in [0.15, 0.2) is 24.3 Å². The zero-order valence-corrected chi connectivity index (χ0v) is 15.4. The summed E-state index contributed by atoms with van der Waals surface area (Å²) in [6.45, 7) is 6.31. The SMILES string of the molecule is CC(C)CCCOc1cccc(CNCCC(=O)O)c1.O=C(O)C(F)(F)F. The summed E-state index contributed by atoms with van der Waals surface area (Å²) < 4.78 is 37.5. The molecule has 0 aliphatic rings. The fourth-order valence-electron chi connectivity index (χ4n) is 1.85. The van der Waals surface area contributed by atoms with Crippen molar-refractivity contribution in [1.29, 1.82) is 0 Å². The maximum absolute atomic E-state index is 10.6. The van der Waals surface area contributed by atoms with Crippen LogP contribution in [-0.4, -0.2) is 41.5 Å². The molecule has 1 aromatic carbocycles. The number of benzene rings is 1. The van der Waals surface area contributed by atoms with Crippen molar-refractivity contribution in [3.05, 3.63) is 29.8 Å². The molecule has 0 atom stereocenters. The average Bonchev–Trinajstić information content (AvgIpc) is 2.55. The molecule has 0 unspecified atom stereocenters. The van der Waals surface area contributed by atoms with Crippen molar-refractivity contribution in [2.45, 2.75) is 45.8 Å². The Morgan fingerprint density at radius 2 is 1.85 bits per heavy atom. The molecule has 3 N–H and O–H groups in total. The minimum atomic E-state index is -5.08. The maximum atomic E-state index is 10.6. The van der Waals surface area contributed by atoms with Gasteiger partial charge in [-0.2, -0.15) is 13.2 Å². The van der Waals surface area contributed by atoms with Gasteiger partial charge in [0.1, 0.15) is 5.75 Å². The zero-order chi connectivity index (χ0) is 20.9. The molecule has 1 rings (SSSR count). The zero-order valence-electron chi connectivity index (χ0n) is 15.4. The molecule has 0 radical (unpaired) electrons. The Hall–Kier alpha value is -2.29. The van der Waals surface area contributed by atoms with Crippen LogP contribution < -0.4 is 10.1 Å². The van der Waals surface area contributed by atoms with E-state index in [1.165, 1.54) is 6.42 Å². The quantitative estimate of drug-likeness (QED) is 0.525. The highest BCUT2D eigenvalue weighted by atomic mass is 19.4. The highest BCUT2D eigenvalue weighted by Gasteiger charge is 2.38. The Morgan fingerprint density at radius 1 is 1.22 bits per heavy atom. The van der Waals surface area contributed by atoms with Crippen LogP contribution in [0.25, 0.3) is 0 Å². The van der Waals surface area contributed by atoms with Crippen LogP contribution in [0.5, 0.6) is 5.75 Å². The Bertz CT molecular complexity index is 576. The van der Waals surface area contributed by atoms with Gasteiger partial charge < -0.3 is 20.3 Å². The molecule has 9 heteroatoms. The Balaban J connectivity index is 0.000000821. The predicted molar refractivity (Wildman–Crippen MR) is 93.7 cm³/mol. The summed E-state index contributed by atoms with van der Waals surface area (Å²) in [7, 11) is 0. The molecule has 0 saturated heterocycles. The Kier molecular flexibility index (Phi) is 11.9. The molecule has 0 spiro atoms. The number of carboxylic acid groups (broad SMARTS) is 2. The number of aliphatic carboxylic acids is 2. The van der Waals surface area contributed by atoms with Gasteiger partial charge in [-0.3, -0.25) is 4.79 Å². The van der Waals surface area contributed by atoms with E-state index in [4.69, 9.17) is 19.7 Å². The molecule has 27 heavy (non-hydrogen) atoms. The highest BCUT2D eigenvalue weighted by Crippen LogP contribution is 2.14. The van der Waals surface area contributed by atoms with Gasteiger partial charge in [0.05, 0.1) is 13.0 Å². The molecule has 0 heterocycles. The monoisotopic (exact) mass is 393 g/mol. The number of carboxylic acids is 2. The van der Waals surface area contributed by atoms with E-state index in [1.54, 1.807) is 0 Å². The van der Waals surface area contributed by atoms with E-state index >= 15 is 0 Å². The lowest BCUT2D eigenvalue weighted by Crippen LogP contribution is -2.21. The first-order valence-electron chi connectivity index (χ1n) is 8.46. The van der Waals surface area contributed by atoms with Crippen LogP contribution in [-0.2, 0) is 16.1 Å². The number of alkyl halides is 3. The van der Waals surface area contributed by atoms with Gasteiger partial charge in [-0.15, -0.1) is 0 Å². The van der Waals surface area contributed by atoms with Crippen molar-refractivity contribution >= 4 is 11.9 Å². The molecule has 0 aliphatic carbocycles. The van der Waals surface area contributed by atoms with E-state index in [0.29, 0.717) is 19.0 Å². The van der Waals surface area contributed by atoms with E-state index < -0.39 is 18.1 Å². The molecule has 0 bridgehead atoms. The summed E-state index contributed by atoms with van der Waals surface area (Å²) in [5, 5.41) is 18.8. The van der Waals surface area contributed by atoms with Crippen LogP contribution in [0, 0.1) is 5.92 Å². The lowest BCUT2D eigenvalue weighted by atomic mass is 10.1. The molecule has 0 aromatic heterocycles. The first-order valence-corrected chi connectivity index (χ1v) is 8.46. The average molecular weight is 393 g/mol. The third-order valence-electron chi connectivity index (χ3n) is 3.18. The molecule has 0 amide bonds. The predicted octanol–water partition coefficient (Wildman–Crippen LogP) is 3.70. The van der Waals surface area contributed by atoms with E-state index in [1.807, 2.05) is 24.3 Å². The summed E-state index contributed by atoms with van der Waals surface area (Å²) in [5.74, 6) is -1.94. The van der Waals surface area contributed by atoms with Crippen molar-refractivity contribution in [3.8, 4) is 5.75 Å². The summed E-state index contributed by atoms with van der Waals surface area (Å²) in [6, 6.07) is 7.93. The molecular formula is C18H26F3NO5. The molecular weight excluding hydrogens is 367 g/mol. The van der Waals surface area contributed by atoms with Gasteiger partial charge in [0, 0.05) is 13.1 Å². The number of halogens is 3. The van der Waals surface area contributed by atoms with Crippen molar-refractivity contribution in [3.63, 3.8) is 0 Å². The van der Waals surface area contributed by atoms with Crippen LogP contribution in [0.1, 0.15) is 38.7 Å². The first kappa shape index (κ1) is 24.7. The number of nitrogens with one attached hydrogen (secondary N) is 1. The van der Waals surface area contributed by atoms with Crippen molar-refractivity contribution in [1.82, 2.24) is 5.32 Å². The van der Waals surface area contributed by atoms with Crippen LogP contribution in [0.2, 0.25) is 0 Å². The molecule has 1 aromatic rings. The summed E-state index contributed by atoms with van der Waals surface area (Å²) >= 11 is 0. The van der Waals surface area contributed by atoms with Crippen LogP contribution in [0.3, 0.4) is 0 Å². The number of hydrogen-bond donors (Lipinski definition) is 3. The van der Waals surface area contributed by atoms with Crippen molar-refractivity contribution < 1.29 is 37.7 Å². The van der Waals surface area contributed by atoms with Crippen molar-refractivity contribution in [2.24, 2.45) is 5.92 Å². The maximum Gasteiger partial charge on any atom is 0.490 e. The largest absolute Gasteiger partial charge is 0.494 e. The van der Waals surface area contributed by atoms with E-state index in [0.717, 1.165) is 24.3 Å². The highest BCUT2D eigenvalue weighted by molar-refractivity contribution is 5.73. The van der Waals surface area contributed by atoms with E-state index in [9.17, 15) is 18.0 Å². The second-order valence-electron chi connectivity index (χ2n) is 6.16. The Morgan fingerprint density at radius 3 is 2.37 bits per heavy atom. The number of ether oxygens (including phenoxy) is 1. The van der Waals surface area contributed by atoms with Gasteiger partial charge in [0.15, 0.2) is 0 Å². The summed E-state index contributed by atoms with van der Waals surface area (Å²) in [6.07, 6.45) is -2.69. The number of rotatable bonds is 10. The molecule has 6 nitrogen and oxygen atoms in total. The second kappa shape index (κ2) is 13.0. The van der Waals surface area contributed by atoms with Gasteiger partial charge >= 0.3 is 18.1 Å². The molecule has 0 saturated carbocycles. The normalized spacial score (nSPS) is 10.9. The third kappa shape index (κ3) is 14.6. The van der Waals surface area contributed by atoms with Crippen molar-refractivity contribution in [2.75, 3.05) is 13.2 Å². The van der Waals surface area contributed by atoms with E-state index in [2.05, 4.69) is 19.2 Å². The van der Waals surface area contributed by atoms with Gasteiger partial charge in [-0.25, -0.2) is 4.79 Å². The van der Waals surface area contributed by atoms with Crippen LogP contribution >= 0.6 is 0 Å². The number of hydrogen-bond acceptors (Lipinski definition) is 4. The fourth-order valence-corrected chi connectivity index (χ4v) is 1.85. The fraction of sp³-hybridized carbons (Fsp3) is 0.556. The second-order valence-corrected chi connectivity index (χ2v) is 6.16. The first-order chi connectivity index (χ1) is 12.5. The number of carbonyl (C=O) groups is 2. The molecule has 0 aliphatic heterocycles. The van der Waals surface area contributed by atoms with Gasteiger partial charge in [0.2, 0.25) is 0 Å². The Labute approximate surface area is 156 Å². The third-order valence-corrected chi connectivity index (χ3v) is 3.18. The van der Waals surface area contributed by atoms with Crippen LogP contribution in [0.4, 0.5) is 13.2 Å². The molecule has 0 fully saturated rings. The summed E-state index contributed by atoms with van der Waals surface area (Å²) in [4.78, 5) is 19.3. The van der Waals surface area contributed by atoms with E-state index in [-0.39, 0.29) is 6.42 Å². The molecule has 154 valence electrons. The lowest BCUT2D eigenvalue weighted by Gasteiger charge is -2.09. The topological polar surface area (TPSA) is 95.9 Å². The minimum absolute atomic E-state index is 0.144. The van der Waals surface area contributed by atoms with Gasteiger partial charge in [-0.05, 0) is 36.5 Å². The summed E-state index contributed by atoms with van der Waals surface area (Å²) in [5.41, 5.74) is 1.11. The van der Waals surface area contributed by atoms with Gasteiger partial charge in [-0.1, -0.05) is 26.0 Å². The standard InChI is InChI=1S/C16H25NO3.C2HF3O2/c1-13(2)5-4-10-20-15-7-3-6-14(11-15)12-17-9-8-16(18)19;3-2(4,5)1(6)7/h3,6-7,11,13,17H,4-5,8-10,12H2,1-2H3,(H,18,19);(H,6,7). The lowest BCUT2D eigenvalue weighted by molar-refractivity contribution is -0.192. The van der Waals surface area contributed by atoms with Gasteiger partial charge in [0.25, 0.3) is 0 Å².